The third kappa shape index (κ3) is 1.56. The SMILES string of the molecule is OC1C=CC2(CCCCC2)CC1. The molecule has 1 spiro atoms. The molecule has 0 radical (unpaired) electrons. The van der Waals surface area contributed by atoms with Gasteiger partial charge in [-0.3, -0.25) is 0 Å². The maximum absolute atomic E-state index is 9.34. The second-order valence-electron chi connectivity index (χ2n) is 4.39. The number of hydrogen-bond donors (Lipinski definition) is 1. The van der Waals surface area contributed by atoms with Crippen molar-refractivity contribution >= 4 is 0 Å². The van der Waals surface area contributed by atoms with Crippen molar-refractivity contribution in [1.82, 2.24) is 0 Å². The Bertz CT molecular complexity index is 177. The average Bonchev–Trinajstić information content (AvgIpc) is 2.13. The van der Waals surface area contributed by atoms with E-state index in [-0.39, 0.29) is 6.10 Å². The van der Waals surface area contributed by atoms with Crippen molar-refractivity contribution < 1.29 is 5.11 Å². The highest BCUT2D eigenvalue weighted by Gasteiger charge is 2.31. The predicted octanol–water partition coefficient (Wildman–Crippen LogP) is 2.65. The van der Waals surface area contributed by atoms with Gasteiger partial charge in [0.05, 0.1) is 6.10 Å². The molecule has 1 saturated carbocycles. The van der Waals surface area contributed by atoms with Crippen LogP contribution in [-0.2, 0) is 0 Å². The summed E-state index contributed by atoms with van der Waals surface area (Å²) < 4.78 is 0. The lowest BCUT2D eigenvalue weighted by atomic mass is 9.68. The summed E-state index contributed by atoms with van der Waals surface area (Å²) in [6.45, 7) is 0. The van der Waals surface area contributed by atoms with E-state index < -0.39 is 0 Å². The molecule has 1 fully saturated rings. The van der Waals surface area contributed by atoms with Crippen LogP contribution in [0.2, 0.25) is 0 Å². The predicted molar refractivity (Wildman–Crippen MR) is 49.9 cm³/mol. The molecule has 2 rings (SSSR count). The smallest absolute Gasteiger partial charge is 0.0721 e. The molecular formula is C11H18O. The van der Waals surface area contributed by atoms with Gasteiger partial charge in [-0.25, -0.2) is 0 Å². The lowest BCUT2D eigenvalue weighted by Crippen LogP contribution is -2.27. The van der Waals surface area contributed by atoms with E-state index in [4.69, 9.17) is 0 Å². The topological polar surface area (TPSA) is 20.2 Å². The Morgan fingerprint density at radius 1 is 1.08 bits per heavy atom. The summed E-state index contributed by atoms with van der Waals surface area (Å²) in [5, 5.41) is 9.34. The molecule has 1 unspecified atom stereocenters. The molecule has 0 bridgehead atoms. The van der Waals surface area contributed by atoms with Crippen LogP contribution in [0.4, 0.5) is 0 Å². The van der Waals surface area contributed by atoms with Gasteiger partial charge in [-0.1, -0.05) is 31.4 Å². The van der Waals surface area contributed by atoms with Gasteiger partial charge in [0.15, 0.2) is 0 Å². The second-order valence-corrected chi connectivity index (χ2v) is 4.39. The second kappa shape index (κ2) is 3.21. The molecule has 1 atom stereocenters. The van der Waals surface area contributed by atoms with Crippen LogP contribution in [0.25, 0.3) is 0 Å². The van der Waals surface area contributed by atoms with Crippen molar-refractivity contribution in [1.29, 1.82) is 0 Å². The molecule has 0 aromatic rings. The van der Waals surface area contributed by atoms with Gasteiger partial charge in [0, 0.05) is 0 Å². The third-order valence-corrected chi connectivity index (χ3v) is 3.46. The first-order valence-corrected chi connectivity index (χ1v) is 5.18. The largest absolute Gasteiger partial charge is 0.389 e. The Kier molecular flexibility index (Phi) is 2.22. The number of aliphatic hydroxyl groups is 1. The quantitative estimate of drug-likeness (QED) is 0.548. The summed E-state index contributed by atoms with van der Waals surface area (Å²) in [6, 6.07) is 0. The van der Waals surface area contributed by atoms with Gasteiger partial charge < -0.3 is 5.11 Å². The molecule has 2 aliphatic rings. The molecule has 12 heavy (non-hydrogen) atoms. The number of hydrogen-bond acceptors (Lipinski definition) is 1. The zero-order valence-electron chi connectivity index (χ0n) is 7.63. The Hall–Kier alpha value is -0.300. The van der Waals surface area contributed by atoms with Gasteiger partial charge in [0.1, 0.15) is 0 Å². The molecule has 1 N–H and O–H groups in total. The summed E-state index contributed by atoms with van der Waals surface area (Å²) in [7, 11) is 0. The van der Waals surface area contributed by atoms with Crippen LogP contribution in [0.5, 0.6) is 0 Å². The monoisotopic (exact) mass is 166 g/mol. The van der Waals surface area contributed by atoms with Crippen molar-refractivity contribution in [2.24, 2.45) is 5.41 Å². The highest BCUT2D eigenvalue weighted by atomic mass is 16.3. The summed E-state index contributed by atoms with van der Waals surface area (Å²) >= 11 is 0. The minimum Gasteiger partial charge on any atom is -0.389 e. The third-order valence-electron chi connectivity index (χ3n) is 3.46. The van der Waals surface area contributed by atoms with E-state index >= 15 is 0 Å². The number of allylic oxidation sites excluding steroid dienone is 1. The number of aliphatic hydroxyl groups excluding tert-OH is 1. The minimum atomic E-state index is -0.155. The lowest BCUT2D eigenvalue weighted by Gasteiger charge is -2.37. The van der Waals surface area contributed by atoms with Gasteiger partial charge in [-0.05, 0) is 31.1 Å². The summed E-state index contributed by atoms with van der Waals surface area (Å²) in [5.41, 5.74) is 0.497. The van der Waals surface area contributed by atoms with Gasteiger partial charge in [-0.2, -0.15) is 0 Å². The van der Waals surface area contributed by atoms with Crippen LogP contribution in [0.1, 0.15) is 44.9 Å². The highest BCUT2D eigenvalue weighted by molar-refractivity contribution is 5.07. The Balaban J connectivity index is 2.05. The van der Waals surface area contributed by atoms with E-state index in [1.165, 1.54) is 38.5 Å². The van der Waals surface area contributed by atoms with E-state index in [0.29, 0.717) is 5.41 Å². The van der Waals surface area contributed by atoms with Crippen LogP contribution in [-0.4, -0.2) is 11.2 Å². The molecule has 0 aliphatic heterocycles. The molecule has 0 aromatic carbocycles. The first-order valence-electron chi connectivity index (χ1n) is 5.18. The molecule has 2 aliphatic carbocycles. The zero-order valence-corrected chi connectivity index (χ0v) is 7.63. The molecule has 68 valence electrons. The van der Waals surface area contributed by atoms with E-state index in [1.54, 1.807) is 0 Å². The fourth-order valence-electron chi connectivity index (χ4n) is 2.60. The Morgan fingerprint density at radius 3 is 2.42 bits per heavy atom. The van der Waals surface area contributed by atoms with Gasteiger partial charge >= 0.3 is 0 Å². The molecule has 1 heteroatoms. The van der Waals surface area contributed by atoms with Crippen molar-refractivity contribution in [3.8, 4) is 0 Å². The summed E-state index contributed by atoms with van der Waals surface area (Å²) in [6.07, 6.45) is 13.2. The Morgan fingerprint density at radius 2 is 1.83 bits per heavy atom. The normalized spacial score (nSPS) is 33.9. The van der Waals surface area contributed by atoms with Crippen LogP contribution >= 0.6 is 0 Å². The lowest BCUT2D eigenvalue weighted by molar-refractivity contribution is 0.146. The van der Waals surface area contributed by atoms with Gasteiger partial charge in [-0.15, -0.1) is 0 Å². The van der Waals surface area contributed by atoms with E-state index in [1.807, 2.05) is 6.08 Å². The van der Waals surface area contributed by atoms with Crippen molar-refractivity contribution in [3.63, 3.8) is 0 Å². The van der Waals surface area contributed by atoms with Gasteiger partial charge in [0.25, 0.3) is 0 Å². The van der Waals surface area contributed by atoms with E-state index in [0.717, 1.165) is 6.42 Å². The van der Waals surface area contributed by atoms with Crippen LogP contribution < -0.4 is 0 Å². The summed E-state index contributed by atoms with van der Waals surface area (Å²) in [5.74, 6) is 0. The molecule has 1 nitrogen and oxygen atoms in total. The van der Waals surface area contributed by atoms with Gasteiger partial charge in [0.2, 0.25) is 0 Å². The first kappa shape index (κ1) is 8.31. The van der Waals surface area contributed by atoms with Crippen molar-refractivity contribution in [3.05, 3.63) is 12.2 Å². The summed E-state index contributed by atoms with van der Waals surface area (Å²) in [4.78, 5) is 0. The average molecular weight is 166 g/mol. The Labute approximate surface area is 74.5 Å². The van der Waals surface area contributed by atoms with E-state index in [2.05, 4.69) is 6.08 Å². The first-order chi connectivity index (χ1) is 5.81. The van der Waals surface area contributed by atoms with Crippen LogP contribution in [0.15, 0.2) is 12.2 Å². The maximum Gasteiger partial charge on any atom is 0.0721 e. The molecular weight excluding hydrogens is 148 g/mol. The molecule has 0 aromatic heterocycles. The molecule has 0 saturated heterocycles. The van der Waals surface area contributed by atoms with Crippen LogP contribution in [0.3, 0.4) is 0 Å². The number of rotatable bonds is 0. The van der Waals surface area contributed by atoms with Crippen LogP contribution in [0, 0.1) is 5.41 Å². The molecule has 0 heterocycles. The maximum atomic E-state index is 9.34. The minimum absolute atomic E-state index is 0.155. The highest BCUT2D eigenvalue weighted by Crippen LogP contribution is 2.43. The van der Waals surface area contributed by atoms with E-state index in [9.17, 15) is 5.11 Å². The van der Waals surface area contributed by atoms with Crippen molar-refractivity contribution in [2.45, 2.75) is 51.0 Å². The standard InChI is InChI=1S/C11H18O/c12-10-4-8-11(9-5-10)6-2-1-3-7-11/h4,8,10,12H,1-3,5-7,9H2. The van der Waals surface area contributed by atoms with Crippen molar-refractivity contribution in [2.75, 3.05) is 0 Å². The molecule has 0 amide bonds. The fraction of sp³-hybridized carbons (Fsp3) is 0.818. The zero-order chi connectivity index (χ0) is 8.44. The fourth-order valence-corrected chi connectivity index (χ4v) is 2.60.